The molecule has 1 heterocycles. The molecule has 0 aliphatic rings. The van der Waals surface area contributed by atoms with Crippen molar-refractivity contribution in [2.45, 2.75) is 25.7 Å². The lowest BCUT2D eigenvalue weighted by Gasteiger charge is -2.13. The van der Waals surface area contributed by atoms with E-state index in [9.17, 15) is 18.3 Å². The average Bonchev–Trinajstić information content (AvgIpc) is 2.90. The van der Waals surface area contributed by atoms with Crippen molar-refractivity contribution in [1.82, 2.24) is 5.32 Å². The van der Waals surface area contributed by atoms with Crippen LogP contribution in [0.3, 0.4) is 0 Å². The van der Waals surface area contributed by atoms with E-state index < -0.39 is 17.8 Å². The van der Waals surface area contributed by atoms with Gasteiger partial charge in [0.2, 0.25) is 0 Å². The molecular formula is C16H18F3NO3. The fourth-order valence-electron chi connectivity index (χ4n) is 1.93. The van der Waals surface area contributed by atoms with Crippen molar-refractivity contribution in [3.8, 4) is 5.75 Å². The molecule has 0 spiro atoms. The molecule has 0 amide bonds. The third-order valence-corrected chi connectivity index (χ3v) is 3.26. The summed E-state index contributed by atoms with van der Waals surface area (Å²) in [4.78, 5) is 0. The van der Waals surface area contributed by atoms with Gasteiger partial charge in [0, 0.05) is 6.54 Å². The number of halogens is 3. The van der Waals surface area contributed by atoms with Crippen LogP contribution < -0.4 is 10.1 Å². The van der Waals surface area contributed by atoms with Gasteiger partial charge in [-0.2, -0.15) is 13.2 Å². The second kappa shape index (κ2) is 7.52. The molecule has 7 heteroatoms. The van der Waals surface area contributed by atoms with Gasteiger partial charge in [0.25, 0.3) is 0 Å². The van der Waals surface area contributed by atoms with E-state index in [1.54, 1.807) is 6.26 Å². The predicted molar refractivity (Wildman–Crippen MR) is 78.1 cm³/mol. The Kier molecular flexibility index (Phi) is 5.68. The van der Waals surface area contributed by atoms with Gasteiger partial charge in [-0.05, 0) is 42.8 Å². The van der Waals surface area contributed by atoms with E-state index in [2.05, 4.69) is 5.32 Å². The Labute approximate surface area is 131 Å². The lowest BCUT2D eigenvalue weighted by Crippen LogP contribution is -2.31. The van der Waals surface area contributed by atoms with E-state index >= 15 is 0 Å². The number of benzene rings is 1. The van der Waals surface area contributed by atoms with Crippen molar-refractivity contribution in [3.63, 3.8) is 0 Å². The van der Waals surface area contributed by atoms with Gasteiger partial charge in [0.05, 0.1) is 18.4 Å². The minimum absolute atomic E-state index is 0.0184. The summed E-state index contributed by atoms with van der Waals surface area (Å²) in [5.74, 6) is 1.07. The van der Waals surface area contributed by atoms with Gasteiger partial charge in [-0.3, -0.25) is 0 Å². The molecule has 1 aromatic carbocycles. The molecule has 0 aliphatic heterocycles. The Hall–Kier alpha value is -1.99. The van der Waals surface area contributed by atoms with Gasteiger partial charge in [-0.15, -0.1) is 0 Å². The first-order valence-electron chi connectivity index (χ1n) is 7.08. The summed E-state index contributed by atoms with van der Waals surface area (Å²) >= 11 is 0. The van der Waals surface area contributed by atoms with Gasteiger partial charge in [-0.1, -0.05) is 0 Å². The monoisotopic (exact) mass is 329 g/mol. The van der Waals surface area contributed by atoms with Crippen molar-refractivity contribution in [2.24, 2.45) is 0 Å². The number of aryl methyl sites for hydroxylation is 1. The lowest BCUT2D eigenvalue weighted by atomic mass is 10.2. The summed E-state index contributed by atoms with van der Waals surface area (Å²) < 4.78 is 47.8. The van der Waals surface area contributed by atoms with Crippen molar-refractivity contribution >= 4 is 0 Å². The molecule has 1 unspecified atom stereocenters. The van der Waals surface area contributed by atoms with Gasteiger partial charge in [0.15, 0.2) is 0 Å². The van der Waals surface area contributed by atoms with E-state index in [-0.39, 0.29) is 18.9 Å². The minimum atomic E-state index is -4.37. The first-order valence-corrected chi connectivity index (χ1v) is 7.08. The predicted octanol–water partition coefficient (Wildman–Crippen LogP) is 3.14. The number of furan rings is 1. The molecule has 2 aromatic rings. The maximum atomic E-state index is 12.4. The SMILES string of the molecule is Cc1ccoc1CNCC(O)COc1ccc(C(F)(F)F)cc1. The standard InChI is InChI=1S/C16H18F3NO3/c1-11-6-7-22-15(11)9-20-8-13(21)10-23-14-4-2-12(3-5-14)16(17,18)19/h2-7,13,20-21H,8-10H2,1H3. The van der Waals surface area contributed by atoms with Gasteiger partial charge < -0.3 is 19.6 Å². The zero-order valence-corrected chi connectivity index (χ0v) is 12.6. The summed E-state index contributed by atoms with van der Waals surface area (Å²) in [6, 6.07) is 6.20. The van der Waals surface area contributed by atoms with Crippen LogP contribution in [-0.2, 0) is 12.7 Å². The second-order valence-electron chi connectivity index (χ2n) is 5.14. The molecule has 4 nitrogen and oxygen atoms in total. The van der Waals surface area contributed by atoms with E-state index in [1.165, 1.54) is 12.1 Å². The largest absolute Gasteiger partial charge is 0.491 e. The van der Waals surface area contributed by atoms with Gasteiger partial charge >= 0.3 is 6.18 Å². The number of hydrogen-bond donors (Lipinski definition) is 2. The first-order chi connectivity index (χ1) is 10.9. The van der Waals surface area contributed by atoms with E-state index in [0.717, 1.165) is 23.5 Å². The Morgan fingerprint density at radius 1 is 1.22 bits per heavy atom. The smallest absolute Gasteiger partial charge is 0.416 e. The highest BCUT2D eigenvalue weighted by atomic mass is 19.4. The van der Waals surface area contributed by atoms with Crippen LogP contribution in [0, 0.1) is 6.92 Å². The topological polar surface area (TPSA) is 54.6 Å². The van der Waals surface area contributed by atoms with Crippen molar-refractivity contribution < 1.29 is 27.4 Å². The number of alkyl halides is 3. The summed E-state index contributed by atoms with van der Waals surface area (Å²) in [5.41, 5.74) is 0.286. The van der Waals surface area contributed by atoms with Crippen molar-refractivity contribution in [1.29, 1.82) is 0 Å². The fourth-order valence-corrected chi connectivity index (χ4v) is 1.93. The highest BCUT2D eigenvalue weighted by Crippen LogP contribution is 2.30. The van der Waals surface area contributed by atoms with Gasteiger partial charge in [-0.25, -0.2) is 0 Å². The van der Waals surface area contributed by atoms with E-state index in [0.29, 0.717) is 6.54 Å². The Morgan fingerprint density at radius 3 is 2.48 bits per heavy atom. The highest BCUT2D eigenvalue weighted by Gasteiger charge is 2.30. The molecule has 2 N–H and O–H groups in total. The number of aliphatic hydroxyl groups excluding tert-OH is 1. The van der Waals surface area contributed by atoms with Crippen LogP contribution in [0.25, 0.3) is 0 Å². The Morgan fingerprint density at radius 2 is 1.91 bits per heavy atom. The molecule has 126 valence electrons. The van der Waals surface area contributed by atoms with Gasteiger partial charge in [0.1, 0.15) is 24.2 Å². The number of hydrogen-bond acceptors (Lipinski definition) is 4. The molecule has 0 fully saturated rings. The molecule has 1 aromatic heterocycles. The van der Waals surface area contributed by atoms with Crippen LogP contribution in [-0.4, -0.2) is 24.4 Å². The number of nitrogens with one attached hydrogen (secondary N) is 1. The first kappa shape index (κ1) is 17.4. The van der Waals surface area contributed by atoms with E-state index in [4.69, 9.17) is 9.15 Å². The number of rotatable bonds is 7. The molecular weight excluding hydrogens is 311 g/mol. The number of aliphatic hydroxyl groups is 1. The fraction of sp³-hybridized carbons (Fsp3) is 0.375. The highest BCUT2D eigenvalue weighted by molar-refractivity contribution is 5.28. The molecule has 0 aliphatic carbocycles. The maximum Gasteiger partial charge on any atom is 0.416 e. The zero-order valence-electron chi connectivity index (χ0n) is 12.6. The van der Waals surface area contributed by atoms with Crippen LogP contribution in [0.2, 0.25) is 0 Å². The zero-order chi connectivity index (χ0) is 16.9. The van der Waals surface area contributed by atoms with Crippen molar-refractivity contribution in [2.75, 3.05) is 13.2 Å². The molecule has 2 rings (SSSR count). The Balaban J connectivity index is 1.72. The summed E-state index contributed by atoms with van der Waals surface area (Å²) in [6.07, 6.45) is -3.56. The quantitative estimate of drug-likeness (QED) is 0.819. The molecule has 0 saturated carbocycles. The summed E-state index contributed by atoms with van der Waals surface area (Å²) in [7, 11) is 0. The van der Waals surface area contributed by atoms with Crippen LogP contribution in [0.5, 0.6) is 5.75 Å². The second-order valence-corrected chi connectivity index (χ2v) is 5.14. The van der Waals surface area contributed by atoms with E-state index in [1.807, 2.05) is 13.0 Å². The third-order valence-electron chi connectivity index (χ3n) is 3.26. The van der Waals surface area contributed by atoms with Crippen LogP contribution >= 0.6 is 0 Å². The summed E-state index contributed by atoms with van der Waals surface area (Å²) in [5, 5.41) is 12.8. The van der Waals surface area contributed by atoms with Crippen molar-refractivity contribution in [3.05, 3.63) is 53.5 Å². The maximum absolute atomic E-state index is 12.4. The van der Waals surface area contributed by atoms with Crippen LogP contribution in [0.1, 0.15) is 16.9 Å². The Bertz CT molecular complexity index is 608. The summed E-state index contributed by atoms with van der Waals surface area (Å²) in [6.45, 7) is 2.66. The molecule has 0 saturated heterocycles. The molecule has 1 atom stereocenters. The average molecular weight is 329 g/mol. The molecule has 23 heavy (non-hydrogen) atoms. The number of ether oxygens (including phenoxy) is 1. The molecule has 0 bridgehead atoms. The van der Waals surface area contributed by atoms with Crippen LogP contribution in [0.4, 0.5) is 13.2 Å². The lowest BCUT2D eigenvalue weighted by molar-refractivity contribution is -0.137. The normalized spacial score (nSPS) is 13.1. The third kappa shape index (κ3) is 5.30. The minimum Gasteiger partial charge on any atom is -0.491 e. The van der Waals surface area contributed by atoms with Crippen LogP contribution in [0.15, 0.2) is 41.0 Å². The molecule has 0 radical (unpaired) electrons.